The summed E-state index contributed by atoms with van der Waals surface area (Å²) >= 11 is 8.16. The molecule has 2 rings (SSSR count). The molecule has 1 fully saturated rings. The second-order valence-electron chi connectivity index (χ2n) is 4.48. The van der Waals surface area contributed by atoms with E-state index in [4.69, 9.17) is 0 Å². The fourth-order valence-electron chi connectivity index (χ4n) is 2.03. The van der Waals surface area contributed by atoms with Crippen LogP contribution in [0.4, 0.5) is 5.69 Å². The standard InChI is InChI=1S/C13H13Br2NO2S/c1-8(17)19-7-9-4-13(18)16(6-9)10-2-3-11(14)12(15)5-10/h2-3,5,9H,4,6-7H2,1H3. The number of hydrogen-bond acceptors (Lipinski definition) is 3. The molecule has 3 nitrogen and oxygen atoms in total. The van der Waals surface area contributed by atoms with Crippen molar-refractivity contribution in [2.24, 2.45) is 5.92 Å². The van der Waals surface area contributed by atoms with Gasteiger partial charge in [-0.3, -0.25) is 9.59 Å². The Morgan fingerprint density at radius 2 is 2.16 bits per heavy atom. The molecule has 0 saturated carbocycles. The van der Waals surface area contributed by atoms with Crippen molar-refractivity contribution >= 4 is 60.3 Å². The highest BCUT2D eigenvalue weighted by Crippen LogP contribution is 2.32. The number of halogens is 2. The van der Waals surface area contributed by atoms with Crippen LogP contribution in [0.25, 0.3) is 0 Å². The number of amides is 1. The third-order valence-corrected chi connectivity index (χ3v) is 5.87. The molecule has 0 aliphatic carbocycles. The molecule has 1 aliphatic rings. The maximum Gasteiger partial charge on any atom is 0.227 e. The third kappa shape index (κ3) is 3.83. The SMILES string of the molecule is CC(=O)SCC1CC(=O)N(c2ccc(Br)c(Br)c2)C1. The minimum Gasteiger partial charge on any atom is -0.312 e. The molecule has 0 bridgehead atoms. The topological polar surface area (TPSA) is 37.4 Å². The van der Waals surface area contributed by atoms with Gasteiger partial charge in [0.1, 0.15) is 0 Å². The number of anilines is 1. The van der Waals surface area contributed by atoms with Crippen molar-refractivity contribution in [3.05, 3.63) is 27.1 Å². The highest BCUT2D eigenvalue weighted by Gasteiger charge is 2.30. The average molecular weight is 407 g/mol. The van der Waals surface area contributed by atoms with Crippen LogP contribution in [0.5, 0.6) is 0 Å². The fraction of sp³-hybridized carbons (Fsp3) is 0.385. The lowest BCUT2D eigenvalue weighted by atomic mass is 10.1. The molecule has 0 N–H and O–H groups in total. The summed E-state index contributed by atoms with van der Waals surface area (Å²) in [6.07, 6.45) is 0.522. The number of hydrogen-bond donors (Lipinski definition) is 0. The molecule has 19 heavy (non-hydrogen) atoms. The maximum absolute atomic E-state index is 12.0. The minimum absolute atomic E-state index is 0.109. The number of rotatable bonds is 3. The Hall–Kier alpha value is -0.330. The van der Waals surface area contributed by atoms with Crippen LogP contribution in [-0.2, 0) is 9.59 Å². The lowest BCUT2D eigenvalue weighted by Gasteiger charge is -2.17. The number of carbonyl (C=O) groups is 2. The van der Waals surface area contributed by atoms with Crippen LogP contribution in [0, 0.1) is 5.92 Å². The average Bonchev–Trinajstić information content (AvgIpc) is 2.72. The first kappa shape index (κ1) is 15.1. The van der Waals surface area contributed by atoms with E-state index in [1.165, 1.54) is 11.8 Å². The second kappa shape index (κ2) is 6.41. The van der Waals surface area contributed by atoms with Gasteiger partial charge in [-0.15, -0.1) is 0 Å². The largest absolute Gasteiger partial charge is 0.312 e. The van der Waals surface area contributed by atoms with E-state index >= 15 is 0 Å². The van der Waals surface area contributed by atoms with Crippen molar-refractivity contribution in [3.63, 3.8) is 0 Å². The lowest BCUT2D eigenvalue weighted by molar-refractivity contribution is -0.117. The minimum atomic E-state index is 0.109. The number of benzene rings is 1. The first-order chi connectivity index (χ1) is 8.97. The van der Waals surface area contributed by atoms with Gasteiger partial charge >= 0.3 is 0 Å². The van der Waals surface area contributed by atoms with E-state index in [0.29, 0.717) is 13.0 Å². The molecule has 1 aromatic rings. The van der Waals surface area contributed by atoms with E-state index in [1.807, 2.05) is 18.2 Å². The monoisotopic (exact) mass is 405 g/mol. The maximum atomic E-state index is 12.0. The van der Waals surface area contributed by atoms with Crippen LogP contribution in [0.2, 0.25) is 0 Å². The van der Waals surface area contributed by atoms with Gasteiger partial charge in [-0.1, -0.05) is 11.8 Å². The Morgan fingerprint density at radius 1 is 1.42 bits per heavy atom. The molecule has 1 saturated heterocycles. The van der Waals surface area contributed by atoms with Gasteiger partial charge in [0.25, 0.3) is 0 Å². The summed E-state index contributed by atoms with van der Waals surface area (Å²) in [7, 11) is 0. The quantitative estimate of drug-likeness (QED) is 0.765. The van der Waals surface area contributed by atoms with E-state index in [1.54, 1.807) is 11.8 Å². The van der Waals surface area contributed by atoms with Crippen molar-refractivity contribution in [2.45, 2.75) is 13.3 Å². The van der Waals surface area contributed by atoms with E-state index in [9.17, 15) is 9.59 Å². The van der Waals surface area contributed by atoms with Crippen molar-refractivity contribution in [1.82, 2.24) is 0 Å². The number of carbonyl (C=O) groups excluding carboxylic acids is 2. The highest BCUT2D eigenvalue weighted by molar-refractivity contribution is 9.13. The summed E-state index contributed by atoms with van der Waals surface area (Å²) in [6, 6.07) is 5.78. The Kier molecular flexibility index (Phi) is 5.09. The van der Waals surface area contributed by atoms with E-state index in [0.717, 1.165) is 20.4 Å². The predicted octanol–water partition coefficient (Wildman–Crippen LogP) is 3.84. The van der Waals surface area contributed by atoms with Gasteiger partial charge in [0.15, 0.2) is 5.12 Å². The van der Waals surface area contributed by atoms with E-state index in [-0.39, 0.29) is 16.9 Å². The first-order valence-electron chi connectivity index (χ1n) is 5.86. The normalized spacial score (nSPS) is 19.0. The summed E-state index contributed by atoms with van der Waals surface area (Å²) in [4.78, 5) is 24.8. The smallest absolute Gasteiger partial charge is 0.227 e. The van der Waals surface area contributed by atoms with Gasteiger partial charge in [0.05, 0.1) is 0 Å². The molecule has 0 radical (unpaired) electrons. The second-order valence-corrected chi connectivity index (χ2v) is 7.38. The summed E-state index contributed by atoms with van der Waals surface area (Å²) < 4.78 is 1.89. The first-order valence-corrected chi connectivity index (χ1v) is 8.43. The molecular weight excluding hydrogens is 394 g/mol. The Balaban J connectivity index is 2.07. The van der Waals surface area contributed by atoms with Crippen LogP contribution in [0.15, 0.2) is 27.1 Å². The molecule has 1 atom stereocenters. The van der Waals surface area contributed by atoms with Gasteiger partial charge in [-0.25, -0.2) is 0 Å². The fourth-order valence-corrected chi connectivity index (χ4v) is 3.34. The van der Waals surface area contributed by atoms with Gasteiger partial charge in [-0.2, -0.15) is 0 Å². The van der Waals surface area contributed by atoms with Crippen molar-refractivity contribution in [1.29, 1.82) is 0 Å². The Labute approximate surface area is 133 Å². The van der Waals surface area contributed by atoms with Gasteiger partial charge in [0.2, 0.25) is 5.91 Å². The molecular formula is C13H13Br2NO2S. The lowest BCUT2D eigenvalue weighted by Crippen LogP contribution is -2.24. The highest BCUT2D eigenvalue weighted by atomic mass is 79.9. The number of thioether (sulfide) groups is 1. The molecule has 1 unspecified atom stereocenters. The molecule has 0 aromatic heterocycles. The van der Waals surface area contributed by atoms with E-state index in [2.05, 4.69) is 31.9 Å². The Morgan fingerprint density at radius 3 is 2.79 bits per heavy atom. The van der Waals surface area contributed by atoms with Crippen molar-refractivity contribution in [2.75, 3.05) is 17.2 Å². The number of nitrogens with zero attached hydrogens (tertiary/aromatic N) is 1. The molecule has 102 valence electrons. The zero-order chi connectivity index (χ0) is 14.0. The van der Waals surface area contributed by atoms with Crippen molar-refractivity contribution < 1.29 is 9.59 Å². The zero-order valence-corrected chi connectivity index (χ0v) is 14.3. The van der Waals surface area contributed by atoms with Crippen LogP contribution < -0.4 is 4.90 Å². The van der Waals surface area contributed by atoms with Gasteiger partial charge < -0.3 is 4.90 Å². The molecule has 1 aliphatic heterocycles. The van der Waals surface area contributed by atoms with Crippen LogP contribution in [-0.4, -0.2) is 23.3 Å². The molecule has 1 heterocycles. The summed E-state index contributed by atoms with van der Waals surface area (Å²) in [5, 5.41) is 0.109. The molecule has 1 amide bonds. The molecule has 6 heteroatoms. The molecule has 0 spiro atoms. The van der Waals surface area contributed by atoms with Gasteiger partial charge in [0, 0.05) is 40.3 Å². The van der Waals surface area contributed by atoms with Gasteiger partial charge in [-0.05, 0) is 56.0 Å². The zero-order valence-electron chi connectivity index (χ0n) is 10.4. The summed E-state index contributed by atoms with van der Waals surface area (Å²) in [6.45, 7) is 2.25. The van der Waals surface area contributed by atoms with Crippen LogP contribution >= 0.6 is 43.6 Å². The van der Waals surface area contributed by atoms with Crippen molar-refractivity contribution in [3.8, 4) is 0 Å². The van der Waals surface area contributed by atoms with Crippen LogP contribution in [0.1, 0.15) is 13.3 Å². The van der Waals surface area contributed by atoms with Crippen LogP contribution in [0.3, 0.4) is 0 Å². The van der Waals surface area contributed by atoms with E-state index < -0.39 is 0 Å². The summed E-state index contributed by atoms with van der Waals surface area (Å²) in [5.74, 6) is 1.10. The molecule has 1 aromatic carbocycles. The third-order valence-electron chi connectivity index (χ3n) is 2.94. The predicted molar refractivity (Wildman–Crippen MR) is 85.4 cm³/mol. The summed E-state index contributed by atoms with van der Waals surface area (Å²) in [5.41, 5.74) is 0.899. The Bertz CT molecular complexity index is 521.